The lowest BCUT2D eigenvalue weighted by atomic mass is 9.71. The van der Waals surface area contributed by atoms with Crippen LogP contribution in [0.2, 0.25) is 0 Å². The summed E-state index contributed by atoms with van der Waals surface area (Å²) >= 11 is 0. The number of anilines is 1. The number of H-pyrrole nitrogens is 1. The van der Waals surface area contributed by atoms with Gasteiger partial charge in [-0.1, -0.05) is 0 Å². The van der Waals surface area contributed by atoms with Crippen molar-refractivity contribution in [2.75, 3.05) is 31.1 Å². The van der Waals surface area contributed by atoms with Gasteiger partial charge in [0.15, 0.2) is 0 Å². The van der Waals surface area contributed by atoms with Crippen LogP contribution in [0.15, 0.2) is 31.0 Å². The summed E-state index contributed by atoms with van der Waals surface area (Å²) in [7, 11) is 0. The number of β-amino-alcohol motifs (C(OH)–C–C–N with tert-alkyl or cyclic N) is 1. The van der Waals surface area contributed by atoms with Crippen molar-refractivity contribution in [2.24, 2.45) is 5.41 Å². The monoisotopic (exact) mass is 328 g/mol. The lowest BCUT2D eigenvalue weighted by Crippen LogP contribution is -2.54. The minimum atomic E-state index is -0.294. The van der Waals surface area contributed by atoms with Crippen LogP contribution in [0.5, 0.6) is 0 Å². The van der Waals surface area contributed by atoms with Gasteiger partial charge in [0, 0.05) is 37.9 Å². The highest BCUT2D eigenvalue weighted by Gasteiger charge is 2.42. The average Bonchev–Trinajstić information content (AvgIpc) is 3.10. The maximum Gasteiger partial charge on any atom is 0.147 e. The first-order valence-corrected chi connectivity index (χ1v) is 8.62. The van der Waals surface area contributed by atoms with E-state index in [-0.39, 0.29) is 11.5 Å². The van der Waals surface area contributed by atoms with Crippen molar-refractivity contribution < 1.29 is 5.11 Å². The number of imidazole rings is 1. The van der Waals surface area contributed by atoms with Gasteiger partial charge in [-0.15, -0.1) is 0 Å². The van der Waals surface area contributed by atoms with E-state index in [1.165, 1.54) is 0 Å². The molecular formula is C17H24N6O. The number of hydrogen-bond acceptors (Lipinski definition) is 6. The van der Waals surface area contributed by atoms with Crippen molar-refractivity contribution >= 4 is 5.82 Å². The predicted molar refractivity (Wildman–Crippen MR) is 90.4 cm³/mol. The van der Waals surface area contributed by atoms with E-state index >= 15 is 0 Å². The number of aromatic amines is 1. The van der Waals surface area contributed by atoms with Crippen LogP contribution in [0.1, 0.15) is 25.1 Å². The Morgan fingerprint density at radius 1 is 1.21 bits per heavy atom. The third-order valence-electron chi connectivity index (χ3n) is 5.34. The lowest BCUT2D eigenvalue weighted by Gasteiger charge is -2.49. The second-order valence-electron chi connectivity index (χ2n) is 7.11. The SMILES string of the molecule is OC1CN(c2cnccn2)CC2(CCN(Cc3ncc[nH]3)CC2)C1. The molecule has 0 amide bonds. The molecule has 1 spiro atoms. The molecule has 4 heterocycles. The maximum absolute atomic E-state index is 10.4. The van der Waals surface area contributed by atoms with Crippen LogP contribution in [0.4, 0.5) is 5.82 Å². The molecule has 0 aliphatic carbocycles. The molecule has 0 saturated carbocycles. The number of piperidine rings is 2. The Labute approximate surface area is 141 Å². The molecular weight excluding hydrogens is 304 g/mol. The van der Waals surface area contributed by atoms with Crippen LogP contribution in [0, 0.1) is 5.41 Å². The number of aliphatic hydroxyl groups excluding tert-OH is 1. The predicted octanol–water partition coefficient (Wildman–Crippen LogP) is 1.05. The van der Waals surface area contributed by atoms with E-state index in [2.05, 4.69) is 29.7 Å². The highest BCUT2D eigenvalue weighted by molar-refractivity contribution is 5.37. The summed E-state index contributed by atoms with van der Waals surface area (Å²) in [4.78, 5) is 20.7. The molecule has 1 atom stereocenters. The summed E-state index contributed by atoms with van der Waals surface area (Å²) in [6.45, 7) is 4.57. The number of rotatable bonds is 3. The molecule has 24 heavy (non-hydrogen) atoms. The van der Waals surface area contributed by atoms with Gasteiger partial charge in [-0.05, 0) is 37.8 Å². The molecule has 0 radical (unpaired) electrons. The number of nitrogens with one attached hydrogen (secondary N) is 1. The molecule has 7 heteroatoms. The van der Waals surface area contributed by atoms with Crippen molar-refractivity contribution in [1.82, 2.24) is 24.8 Å². The van der Waals surface area contributed by atoms with Crippen molar-refractivity contribution in [2.45, 2.75) is 31.9 Å². The van der Waals surface area contributed by atoms with Crippen molar-refractivity contribution in [1.29, 1.82) is 0 Å². The smallest absolute Gasteiger partial charge is 0.147 e. The van der Waals surface area contributed by atoms with E-state index in [1.54, 1.807) is 24.8 Å². The number of likely N-dealkylation sites (tertiary alicyclic amines) is 1. The third-order valence-corrected chi connectivity index (χ3v) is 5.34. The fourth-order valence-electron chi connectivity index (χ4n) is 4.13. The summed E-state index contributed by atoms with van der Waals surface area (Å²) in [5, 5.41) is 10.4. The molecule has 2 fully saturated rings. The molecule has 0 bridgehead atoms. The first-order valence-electron chi connectivity index (χ1n) is 8.62. The highest BCUT2D eigenvalue weighted by Crippen LogP contribution is 2.41. The minimum absolute atomic E-state index is 0.175. The van der Waals surface area contributed by atoms with Crippen LogP contribution in [-0.2, 0) is 6.54 Å². The molecule has 2 aliphatic rings. The van der Waals surface area contributed by atoms with Crippen LogP contribution in [0.25, 0.3) is 0 Å². The van der Waals surface area contributed by atoms with E-state index in [1.807, 2.05) is 6.20 Å². The van der Waals surface area contributed by atoms with Gasteiger partial charge in [-0.2, -0.15) is 0 Å². The number of hydrogen-bond donors (Lipinski definition) is 2. The molecule has 7 nitrogen and oxygen atoms in total. The third kappa shape index (κ3) is 3.27. The fourth-order valence-corrected chi connectivity index (χ4v) is 4.13. The summed E-state index contributed by atoms with van der Waals surface area (Å²) in [5.41, 5.74) is 0.175. The van der Waals surface area contributed by atoms with Crippen molar-refractivity contribution in [3.8, 4) is 0 Å². The van der Waals surface area contributed by atoms with Gasteiger partial charge in [-0.25, -0.2) is 9.97 Å². The molecule has 2 aromatic heterocycles. The van der Waals surface area contributed by atoms with Crippen molar-refractivity contribution in [3.63, 3.8) is 0 Å². The van der Waals surface area contributed by atoms with E-state index in [0.29, 0.717) is 6.54 Å². The lowest BCUT2D eigenvalue weighted by molar-refractivity contribution is 0.0238. The molecule has 2 N–H and O–H groups in total. The quantitative estimate of drug-likeness (QED) is 0.877. The zero-order chi connectivity index (χ0) is 16.4. The van der Waals surface area contributed by atoms with E-state index in [0.717, 1.165) is 57.1 Å². The summed E-state index contributed by atoms with van der Waals surface area (Å²) in [6.07, 6.45) is 11.7. The van der Waals surface area contributed by atoms with E-state index in [9.17, 15) is 5.11 Å². The second kappa shape index (κ2) is 6.49. The first-order chi connectivity index (χ1) is 11.7. The van der Waals surface area contributed by atoms with Crippen LogP contribution in [0.3, 0.4) is 0 Å². The molecule has 128 valence electrons. The van der Waals surface area contributed by atoms with E-state index in [4.69, 9.17) is 0 Å². The largest absolute Gasteiger partial charge is 0.391 e. The van der Waals surface area contributed by atoms with Gasteiger partial charge in [0.05, 0.1) is 18.8 Å². The van der Waals surface area contributed by atoms with Gasteiger partial charge in [-0.3, -0.25) is 9.88 Å². The normalized spacial score (nSPS) is 24.4. The molecule has 0 aromatic carbocycles. The van der Waals surface area contributed by atoms with Crippen LogP contribution >= 0.6 is 0 Å². The van der Waals surface area contributed by atoms with Crippen LogP contribution in [-0.4, -0.2) is 62.2 Å². The number of nitrogens with zero attached hydrogens (tertiary/aromatic N) is 5. The van der Waals surface area contributed by atoms with Gasteiger partial charge in [0.1, 0.15) is 11.6 Å². The molecule has 2 aromatic rings. The Bertz CT molecular complexity index is 638. The summed E-state index contributed by atoms with van der Waals surface area (Å²) in [6, 6.07) is 0. The summed E-state index contributed by atoms with van der Waals surface area (Å²) < 4.78 is 0. The maximum atomic E-state index is 10.4. The average molecular weight is 328 g/mol. The molecule has 4 rings (SSSR count). The number of aliphatic hydroxyl groups is 1. The van der Waals surface area contributed by atoms with Gasteiger partial charge in [0.25, 0.3) is 0 Å². The Kier molecular flexibility index (Phi) is 4.20. The first kappa shape index (κ1) is 15.5. The van der Waals surface area contributed by atoms with Crippen molar-refractivity contribution in [3.05, 3.63) is 36.8 Å². The van der Waals surface area contributed by atoms with Gasteiger partial charge >= 0.3 is 0 Å². The molecule has 2 aliphatic heterocycles. The Hall–Kier alpha value is -1.99. The standard InChI is InChI=1S/C17H24N6O/c24-14-9-17(13-23(11-14)16-10-18-3-4-21-16)1-7-22(8-2-17)12-15-19-5-6-20-15/h3-6,10,14,24H,1-2,7-9,11-13H2,(H,19,20). The minimum Gasteiger partial charge on any atom is -0.391 e. The Morgan fingerprint density at radius 2 is 2.08 bits per heavy atom. The number of aromatic nitrogens is 4. The molecule has 2 saturated heterocycles. The molecule has 1 unspecified atom stereocenters. The zero-order valence-corrected chi connectivity index (χ0v) is 13.8. The Morgan fingerprint density at radius 3 is 2.79 bits per heavy atom. The fraction of sp³-hybridized carbons (Fsp3) is 0.588. The zero-order valence-electron chi connectivity index (χ0n) is 13.8. The Balaban J connectivity index is 1.41. The van der Waals surface area contributed by atoms with Gasteiger partial charge in [0.2, 0.25) is 0 Å². The van der Waals surface area contributed by atoms with E-state index < -0.39 is 0 Å². The van der Waals surface area contributed by atoms with Crippen LogP contribution < -0.4 is 4.90 Å². The highest BCUT2D eigenvalue weighted by atomic mass is 16.3. The van der Waals surface area contributed by atoms with Gasteiger partial charge < -0.3 is 15.0 Å². The second-order valence-corrected chi connectivity index (χ2v) is 7.11. The topological polar surface area (TPSA) is 81.2 Å². The summed E-state index contributed by atoms with van der Waals surface area (Å²) in [5.74, 6) is 1.89.